The Morgan fingerprint density at radius 2 is 1.94 bits per heavy atom. The predicted molar refractivity (Wildman–Crippen MR) is 71.4 cm³/mol. The zero-order chi connectivity index (χ0) is 13.5. The fourth-order valence-corrected chi connectivity index (χ4v) is 1.94. The maximum absolute atomic E-state index is 6.21. The second-order valence-electron chi connectivity index (χ2n) is 5.93. The number of aromatic nitrogens is 4. The lowest BCUT2D eigenvalue weighted by Gasteiger charge is -2.26. The van der Waals surface area contributed by atoms with Gasteiger partial charge in [0.2, 0.25) is 0 Å². The van der Waals surface area contributed by atoms with Crippen molar-refractivity contribution in [2.24, 2.45) is 11.1 Å². The number of nitrogens with two attached hydrogens (primary N) is 1. The highest BCUT2D eigenvalue weighted by Gasteiger charge is 2.23. The van der Waals surface area contributed by atoms with Crippen molar-refractivity contribution in [1.29, 1.82) is 0 Å². The Morgan fingerprint density at radius 1 is 1.28 bits per heavy atom. The summed E-state index contributed by atoms with van der Waals surface area (Å²) < 4.78 is 1.98. The van der Waals surface area contributed by atoms with E-state index in [4.69, 9.17) is 5.73 Å². The molecule has 1 unspecified atom stereocenters. The van der Waals surface area contributed by atoms with Crippen molar-refractivity contribution in [3.05, 3.63) is 23.4 Å². The summed E-state index contributed by atoms with van der Waals surface area (Å²) in [5.74, 6) is 1.79. The highest BCUT2D eigenvalue weighted by Crippen LogP contribution is 2.20. The largest absolute Gasteiger partial charge is 0.327 e. The minimum atomic E-state index is 0.0469. The van der Waals surface area contributed by atoms with Crippen LogP contribution in [0, 0.1) is 19.3 Å². The molecule has 5 heteroatoms. The maximum atomic E-state index is 6.21. The van der Waals surface area contributed by atoms with Crippen LogP contribution >= 0.6 is 0 Å². The van der Waals surface area contributed by atoms with Crippen molar-refractivity contribution in [3.8, 4) is 0 Å². The Balaban J connectivity index is 2.41. The van der Waals surface area contributed by atoms with Crippen molar-refractivity contribution < 1.29 is 0 Å². The van der Waals surface area contributed by atoms with Crippen molar-refractivity contribution in [2.75, 3.05) is 0 Å². The summed E-state index contributed by atoms with van der Waals surface area (Å²) in [6, 6.07) is 1.98. The van der Waals surface area contributed by atoms with E-state index in [9.17, 15) is 0 Å². The standard InChI is InChI=1S/C13H21N5/c1-8-6-11-16-17-12(18(11)9(2)15-8)7-10(14)13(3,4)5/h6,10H,7,14H2,1-5H3. The molecule has 18 heavy (non-hydrogen) atoms. The van der Waals surface area contributed by atoms with Gasteiger partial charge in [0.25, 0.3) is 0 Å². The molecule has 0 bridgehead atoms. The number of hydrogen-bond donors (Lipinski definition) is 1. The quantitative estimate of drug-likeness (QED) is 0.876. The molecule has 2 N–H and O–H groups in total. The van der Waals surface area contributed by atoms with E-state index in [0.717, 1.165) is 23.0 Å². The van der Waals surface area contributed by atoms with Gasteiger partial charge in [-0.1, -0.05) is 20.8 Å². The van der Waals surface area contributed by atoms with Crippen LogP contribution in [0.4, 0.5) is 0 Å². The lowest BCUT2D eigenvalue weighted by Crippen LogP contribution is -2.37. The summed E-state index contributed by atoms with van der Waals surface area (Å²) in [6.45, 7) is 10.3. The first-order chi connectivity index (χ1) is 8.29. The van der Waals surface area contributed by atoms with Gasteiger partial charge in [0.15, 0.2) is 5.65 Å². The number of fused-ring (bicyclic) bond motifs is 1. The molecule has 0 saturated heterocycles. The van der Waals surface area contributed by atoms with Gasteiger partial charge in [0, 0.05) is 24.2 Å². The summed E-state index contributed by atoms with van der Waals surface area (Å²) >= 11 is 0. The van der Waals surface area contributed by atoms with Gasteiger partial charge in [-0.05, 0) is 19.3 Å². The Labute approximate surface area is 107 Å². The molecule has 0 spiro atoms. The van der Waals surface area contributed by atoms with Crippen LogP contribution in [0.15, 0.2) is 6.07 Å². The van der Waals surface area contributed by atoms with Crippen LogP contribution in [0.2, 0.25) is 0 Å². The van der Waals surface area contributed by atoms with Crippen molar-refractivity contribution in [2.45, 2.75) is 47.1 Å². The van der Waals surface area contributed by atoms with E-state index in [2.05, 4.69) is 36.0 Å². The zero-order valence-electron chi connectivity index (χ0n) is 11.7. The number of hydrogen-bond acceptors (Lipinski definition) is 4. The topological polar surface area (TPSA) is 69.1 Å². The molecular weight excluding hydrogens is 226 g/mol. The lowest BCUT2D eigenvalue weighted by molar-refractivity contribution is 0.314. The molecule has 2 aromatic rings. The molecule has 0 aromatic carbocycles. The van der Waals surface area contributed by atoms with Crippen LogP contribution < -0.4 is 5.73 Å². The van der Waals surface area contributed by atoms with Gasteiger partial charge >= 0.3 is 0 Å². The Hall–Kier alpha value is -1.49. The summed E-state index contributed by atoms with van der Waals surface area (Å²) in [6.07, 6.45) is 0.705. The molecule has 2 rings (SSSR count). The van der Waals surface area contributed by atoms with Gasteiger partial charge in [0.05, 0.1) is 0 Å². The molecule has 5 nitrogen and oxygen atoms in total. The molecule has 2 aromatic heterocycles. The first-order valence-corrected chi connectivity index (χ1v) is 6.23. The van der Waals surface area contributed by atoms with Gasteiger partial charge in [-0.2, -0.15) is 0 Å². The maximum Gasteiger partial charge on any atom is 0.164 e. The molecule has 0 aliphatic heterocycles. The molecule has 1 atom stereocenters. The highest BCUT2D eigenvalue weighted by molar-refractivity contribution is 5.39. The van der Waals surface area contributed by atoms with E-state index in [1.165, 1.54) is 0 Å². The molecule has 0 amide bonds. The number of rotatable bonds is 2. The average Bonchev–Trinajstić information content (AvgIpc) is 2.59. The fraction of sp³-hybridized carbons (Fsp3) is 0.615. The molecule has 0 fully saturated rings. The summed E-state index contributed by atoms with van der Waals surface area (Å²) in [4.78, 5) is 4.45. The van der Waals surface area contributed by atoms with Crippen LogP contribution in [0.3, 0.4) is 0 Å². The molecule has 0 aliphatic carbocycles. The van der Waals surface area contributed by atoms with Gasteiger partial charge < -0.3 is 5.73 Å². The van der Waals surface area contributed by atoms with E-state index < -0.39 is 0 Å². The monoisotopic (exact) mass is 247 g/mol. The second-order valence-corrected chi connectivity index (χ2v) is 5.93. The van der Waals surface area contributed by atoms with Crippen LogP contribution in [0.25, 0.3) is 5.65 Å². The molecule has 0 aliphatic rings. The van der Waals surface area contributed by atoms with Crippen molar-refractivity contribution in [3.63, 3.8) is 0 Å². The van der Waals surface area contributed by atoms with E-state index in [1.807, 2.05) is 24.3 Å². The minimum Gasteiger partial charge on any atom is -0.327 e. The SMILES string of the molecule is Cc1cc2nnc(CC(N)C(C)(C)C)n2c(C)n1. The fourth-order valence-electron chi connectivity index (χ4n) is 1.94. The van der Waals surface area contributed by atoms with Gasteiger partial charge in [0.1, 0.15) is 11.6 Å². The molecular formula is C13H21N5. The minimum absolute atomic E-state index is 0.0469. The van der Waals surface area contributed by atoms with Gasteiger partial charge in [-0.3, -0.25) is 4.40 Å². The molecule has 2 heterocycles. The second kappa shape index (κ2) is 4.31. The Kier molecular flexibility index (Phi) is 3.11. The number of nitrogens with zero attached hydrogens (tertiary/aromatic N) is 4. The molecule has 0 radical (unpaired) electrons. The normalized spacial score (nSPS) is 14.1. The predicted octanol–water partition coefficient (Wildman–Crippen LogP) is 1.66. The smallest absolute Gasteiger partial charge is 0.164 e. The Bertz CT molecular complexity index is 565. The zero-order valence-corrected chi connectivity index (χ0v) is 11.7. The van der Waals surface area contributed by atoms with Gasteiger partial charge in [-0.15, -0.1) is 10.2 Å². The summed E-state index contributed by atoms with van der Waals surface area (Å²) in [5.41, 5.74) is 8.07. The third-order valence-electron chi connectivity index (χ3n) is 3.27. The third kappa shape index (κ3) is 2.36. The van der Waals surface area contributed by atoms with Crippen LogP contribution in [-0.4, -0.2) is 25.6 Å². The highest BCUT2D eigenvalue weighted by atomic mass is 15.3. The van der Waals surface area contributed by atoms with E-state index in [0.29, 0.717) is 6.42 Å². The van der Waals surface area contributed by atoms with Crippen LogP contribution in [-0.2, 0) is 6.42 Å². The Morgan fingerprint density at radius 3 is 2.56 bits per heavy atom. The van der Waals surface area contributed by atoms with Crippen LogP contribution in [0.1, 0.15) is 38.1 Å². The first kappa shape index (κ1) is 13.0. The summed E-state index contributed by atoms with van der Waals surface area (Å²) in [5, 5.41) is 8.44. The van der Waals surface area contributed by atoms with E-state index in [1.54, 1.807) is 0 Å². The van der Waals surface area contributed by atoms with Crippen molar-refractivity contribution >= 4 is 5.65 Å². The van der Waals surface area contributed by atoms with Crippen LogP contribution in [0.5, 0.6) is 0 Å². The van der Waals surface area contributed by atoms with E-state index in [-0.39, 0.29) is 11.5 Å². The average molecular weight is 247 g/mol. The third-order valence-corrected chi connectivity index (χ3v) is 3.27. The van der Waals surface area contributed by atoms with Gasteiger partial charge in [-0.25, -0.2) is 4.98 Å². The summed E-state index contributed by atoms with van der Waals surface area (Å²) in [7, 11) is 0. The molecule has 0 saturated carbocycles. The lowest BCUT2D eigenvalue weighted by atomic mass is 9.85. The van der Waals surface area contributed by atoms with E-state index >= 15 is 0 Å². The first-order valence-electron chi connectivity index (χ1n) is 6.23. The van der Waals surface area contributed by atoms with Crippen molar-refractivity contribution in [1.82, 2.24) is 19.6 Å². The molecule has 98 valence electrons. The number of aryl methyl sites for hydroxylation is 2.